The van der Waals surface area contributed by atoms with Crippen LogP contribution in [0.4, 0.5) is 13.2 Å². The summed E-state index contributed by atoms with van der Waals surface area (Å²) >= 11 is 0. The van der Waals surface area contributed by atoms with Crippen molar-refractivity contribution >= 4 is 17.0 Å². The topological polar surface area (TPSA) is 113 Å². The zero-order chi connectivity index (χ0) is 34.4. The number of pyridine rings is 1. The molecule has 3 aromatic carbocycles. The molecule has 250 valence electrons. The molecule has 0 spiro atoms. The summed E-state index contributed by atoms with van der Waals surface area (Å²) in [4.78, 5) is 24.8. The van der Waals surface area contributed by atoms with Gasteiger partial charge in [-0.1, -0.05) is 32.0 Å². The Morgan fingerprint density at radius 1 is 1.00 bits per heavy atom. The van der Waals surface area contributed by atoms with E-state index in [1.807, 2.05) is 18.4 Å². The van der Waals surface area contributed by atoms with Crippen LogP contribution in [0, 0.1) is 29.8 Å². The zero-order valence-electron chi connectivity index (χ0n) is 26.8. The fraction of sp³-hybridized carbons (Fsp3) is 0.243. The molecule has 1 aliphatic heterocycles. The second-order valence-electron chi connectivity index (χ2n) is 12.7. The molecule has 1 saturated heterocycles. The molecule has 0 bridgehead atoms. The van der Waals surface area contributed by atoms with Crippen LogP contribution in [0.15, 0.2) is 77.3 Å². The number of imidazole rings is 1. The molecule has 4 heterocycles. The van der Waals surface area contributed by atoms with Gasteiger partial charge in [-0.15, -0.1) is 0 Å². The van der Waals surface area contributed by atoms with Crippen molar-refractivity contribution in [2.24, 2.45) is 5.41 Å². The van der Waals surface area contributed by atoms with E-state index in [1.54, 1.807) is 43.3 Å². The van der Waals surface area contributed by atoms with Gasteiger partial charge < -0.3 is 23.6 Å². The lowest BCUT2D eigenvalue weighted by Crippen LogP contribution is -2.27. The number of aromatic nitrogens is 4. The Bertz CT molecular complexity index is 2230. The maximum absolute atomic E-state index is 15.7. The number of hydrogen-bond donors (Lipinski definition) is 1. The van der Waals surface area contributed by atoms with Crippen LogP contribution in [-0.4, -0.2) is 43.8 Å². The van der Waals surface area contributed by atoms with E-state index in [0.29, 0.717) is 47.3 Å². The van der Waals surface area contributed by atoms with Crippen molar-refractivity contribution in [1.82, 2.24) is 19.5 Å². The SMILES string of the molecule is Cc1ncc(-c2ccc(COc3cccc(-c4cc(F)c(Cc5nc6ccc(C(=O)O)cc6n5[C@@H]5COCC5(C)C)cc4F)n3)c(F)c2)o1. The molecule has 0 radical (unpaired) electrons. The van der Waals surface area contributed by atoms with Gasteiger partial charge in [0.25, 0.3) is 0 Å². The molecule has 1 aliphatic rings. The first kappa shape index (κ1) is 32.1. The van der Waals surface area contributed by atoms with E-state index in [9.17, 15) is 14.3 Å². The first-order chi connectivity index (χ1) is 23.5. The number of halogens is 3. The number of rotatable bonds is 9. The van der Waals surface area contributed by atoms with E-state index < -0.39 is 23.4 Å². The molecule has 9 nitrogen and oxygen atoms in total. The number of carboxylic acids is 1. The number of oxazole rings is 1. The summed E-state index contributed by atoms with van der Waals surface area (Å²) in [5, 5.41) is 9.61. The zero-order valence-corrected chi connectivity index (χ0v) is 26.8. The maximum atomic E-state index is 15.7. The Labute approximate surface area is 279 Å². The third kappa shape index (κ3) is 6.27. The fourth-order valence-electron chi connectivity index (χ4n) is 6.13. The highest BCUT2D eigenvalue weighted by Crippen LogP contribution is 2.41. The van der Waals surface area contributed by atoms with E-state index >= 15 is 8.78 Å². The van der Waals surface area contributed by atoms with Gasteiger partial charge in [0.05, 0.1) is 47.7 Å². The average Bonchev–Trinajstić information content (AvgIpc) is 3.76. The number of fused-ring (bicyclic) bond motifs is 1. The second-order valence-corrected chi connectivity index (χ2v) is 12.7. The first-order valence-corrected chi connectivity index (χ1v) is 15.6. The van der Waals surface area contributed by atoms with Crippen LogP contribution in [0.25, 0.3) is 33.6 Å². The highest BCUT2D eigenvalue weighted by molar-refractivity contribution is 5.92. The summed E-state index contributed by atoms with van der Waals surface area (Å²) in [6, 6.07) is 15.9. The molecule has 1 N–H and O–H groups in total. The molecule has 7 rings (SSSR count). The highest BCUT2D eigenvalue weighted by Gasteiger charge is 2.39. The van der Waals surface area contributed by atoms with Crippen molar-refractivity contribution in [3.05, 3.63) is 119 Å². The summed E-state index contributed by atoms with van der Waals surface area (Å²) in [6.07, 6.45) is 1.47. The number of carboxylic acid groups (broad SMARTS) is 1. The van der Waals surface area contributed by atoms with Gasteiger partial charge in [0.2, 0.25) is 5.88 Å². The van der Waals surface area contributed by atoms with Crippen LogP contribution >= 0.6 is 0 Å². The summed E-state index contributed by atoms with van der Waals surface area (Å²) < 4.78 is 65.1. The van der Waals surface area contributed by atoms with Crippen molar-refractivity contribution in [1.29, 1.82) is 0 Å². The largest absolute Gasteiger partial charge is 0.478 e. The number of benzene rings is 3. The molecular weight excluding hydrogens is 637 g/mol. The monoisotopic (exact) mass is 668 g/mol. The van der Waals surface area contributed by atoms with Gasteiger partial charge in [0.1, 0.15) is 29.9 Å². The van der Waals surface area contributed by atoms with Gasteiger partial charge in [0, 0.05) is 41.5 Å². The quantitative estimate of drug-likeness (QED) is 0.165. The van der Waals surface area contributed by atoms with Crippen molar-refractivity contribution in [2.75, 3.05) is 13.2 Å². The molecular formula is C37H31F3N4O5. The van der Waals surface area contributed by atoms with E-state index in [0.717, 1.165) is 12.1 Å². The van der Waals surface area contributed by atoms with Crippen LogP contribution in [0.2, 0.25) is 0 Å². The van der Waals surface area contributed by atoms with E-state index in [4.69, 9.17) is 18.9 Å². The number of nitrogens with zero attached hydrogens (tertiary/aromatic N) is 4. The predicted molar refractivity (Wildman–Crippen MR) is 174 cm³/mol. The lowest BCUT2D eigenvalue weighted by molar-refractivity contribution is 0.0697. The Hall–Kier alpha value is -5.49. The number of carbonyl (C=O) groups is 1. The van der Waals surface area contributed by atoms with Gasteiger partial charge in [0.15, 0.2) is 11.7 Å². The van der Waals surface area contributed by atoms with Gasteiger partial charge in [-0.05, 0) is 48.0 Å². The standard InChI is InChI=1S/C37H31F3N4O5/c1-20-41-16-32(49-20)21-7-8-23(26(38)11-21)17-48-35-6-4-5-29(43-35)25-15-27(39)24(12-28(25)40)14-34-42-30-10-9-22(36(45)46)13-31(30)44(34)33-18-47-19-37(33,2)3/h4-13,15-16,33H,14,17-19H2,1-3H3,(H,45,46)/t33-/m1/s1. The van der Waals surface area contributed by atoms with Gasteiger partial charge >= 0.3 is 5.97 Å². The molecule has 49 heavy (non-hydrogen) atoms. The van der Waals surface area contributed by atoms with Gasteiger partial charge in [-0.2, -0.15) is 0 Å². The molecule has 6 aromatic rings. The van der Waals surface area contributed by atoms with E-state index in [1.165, 1.54) is 24.4 Å². The Kier molecular flexibility index (Phi) is 8.19. The smallest absolute Gasteiger partial charge is 0.335 e. The molecule has 1 atom stereocenters. The van der Waals surface area contributed by atoms with Crippen LogP contribution in [0.3, 0.4) is 0 Å². The summed E-state index contributed by atoms with van der Waals surface area (Å²) in [6.45, 7) is 6.47. The number of ether oxygens (including phenoxy) is 2. The Morgan fingerprint density at radius 3 is 2.53 bits per heavy atom. The van der Waals surface area contributed by atoms with Crippen LogP contribution in [-0.2, 0) is 17.8 Å². The van der Waals surface area contributed by atoms with Crippen LogP contribution in [0.5, 0.6) is 5.88 Å². The average molecular weight is 669 g/mol. The normalized spacial score (nSPS) is 15.6. The first-order valence-electron chi connectivity index (χ1n) is 15.6. The molecule has 0 aliphatic carbocycles. The molecule has 0 amide bonds. The number of hydrogen-bond acceptors (Lipinski definition) is 7. The van der Waals surface area contributed by atoms with E-state index in [2.05, 4.69) is 9.97 Å². The van der Waals surface area contributed by atoms with Crippen molar-refractivity contribution in [3.63, 3.8) is 0 Å². The lowest BCUT2D eigenvalue weighted by Gasteiger charge is -2.28. The second kappa shape index (κ2) is 12.5. The van der Waals surface area contributed by atoms with Gasteiger partial charge in [-0.25, -0.2) is 32.9 Å². The summed E-state index contributed by atoms with van der Waals surface area (Å²) in [7, 11) is 0. The Balaban J connectivity index is 1.14. The predicted octanol–water partition coefficient (Wildman–Crippen LogP) is 7.94. The molecule has 0 unspecified atom stereocenters. The maximum Gasteiger partial charge on any atom is 0.335 e. The molecule has 0 saturated carbocycles. The number of aromatic carboxylic acids is 1. The Morgan fingerprint density at radius 2 is 1.82 bits per heavy atom. The van der Waals surface area contributed by atoms with Crippen molar-refractivity contribution in [3.8, 4) is 28.5 Å². The van der Waals surface area contributed by atoms with Gasteiger partial charge in [-0.3, -0.25) is 0 Å². The molecule has 1 fully saturated rings. The highest BCUT2D eigenvalue weighted by atomic mass is 19.1. The summed E-state index contributed by atoms with van der Waals surface area (Å²) in [5.41, 5.74) is 1.83. The van der Waals surface area contributed by atoms with E-state index in [-0.39, 0.29) is 58.3 Å². The summed E-state index contributed by atoms with van der Waals surface area (Å²) in [5.74, 6) is -1.48. The van der Waals surface area contributed by atoms with Crippen molar-refractivity contribution < 1.29 is 37.0 Å². The third-order valence-corrected chi connectivity index (χ3v) is 8.79. The minimum Gasteiger partial charge on any atom is -0.478 e. The third-order valence-electron chi connectivity index (χ3n) is 8.79. The minimum atomic E-state index is -1.08. The molecule has 3 aromatic heterocycles. The lowest BCUT2D eigenvalue weighted by atomic mass is 9.87. The number of aryl methyl sites for hydroxylation is 1. The van der Waals surface area contributed by atoms with Crippen LogP contribution < -0.4 is 4.74 Å². The van der Waals surface area contributed by atoms with Crippen LogP contribution in [0.1, 0.15) is 53.1 Å². The molecule has 12 heteroatoms. The fourth-order valence-corrected chi connectivity index (χ4v) is 6.13. The van der Waals surface area contributed by atoms with Crippen molar-refractivity contribution in [2.45, 2.75) is 39.8 Å². The minimum absolute atomic E-state index is 0.0519.